The maximum atomic E-state index is 13.0. The normalized spacial score (nSPS) is 16.7. The smallest absolute Gasteiger partial charge is 0.406 e. The first-order chi connectivity index (χ1) is 17.5. The molecule has 8 nitrogen and oxygen atoms in total. The highest BCUT2D eigenvalue weighted by atomic mass is 35.5. The highest BCUT2D eigenvalue weighted by molar-refractivity contribution is 6.30. The third-order valence-corrected chi connectivity index (χ3v) is 6.47. The van der Waals surface area contributed by atoms with Crippen LogP contribution in [0.5, 0.6) is 0 Å². The van der Waals surface area contributed by atoms with Crippen molar-refractivity contribution >= 4 is 36.0 Å². The van der Waals surface area contributed by atoms with Crippen LogP contribution in [0.25, 0.3) is 0 Å². The van der Waals surface area contributed by atoms with E-state index in [-0.39, 0.29) is 37.5 Å². The number of alkyl carbamates (subject to hydrolysis) is 1. The molecule has 0 bridgehead atoms. The molecule has 0 aromatic heterocycles. The number of likely N-dealkylation sites (N-methyl/N-ethyl adjacent to an activating group) is 1. The Hall–Kier alpha value is -2.36. The van der Waals surface area contributed by atoms with Crippen molar-refractivity contribution in [2.75, 3.05) is 47.1 Å². The van der Waals surface area contributed by atoms with Crippen molar-refractivity contribution in [3.8, 4) is 0 Å². The molecule has 0 aliphatic carbocycles. The summed E-state index contributed by atoms with van der Waals surface area (Å²) in [5.41, 5.74) is 2.21. The van der Waals surface area contributed by atoms with Gasteiger partial charge in [0, 0.05) is 42.9 Å². The van der Waals surface area contributed by atoms with Crippen LogP contribution in [0.1, 0.15) is 46.9 Å². The van der Waals surface area contributed by atoms with Crippen molar-refractivity contribution < 1.29 is 23.8 Å². The van der Waals surface area contributed by atoms with Gasteiger partial charge in [-0.2, -0.15) is 0 Å². The fourth-order valence-electron chi connectivity index (χ4n) is 4.32. The van der Waals surface area contributed by atoms with Crippen LogP contribution in [0.2, 0.25) is 5.02 Å². The van der Waals surface area contributed by atoms with Crippen LogP contribution < -0.4 is 16.0 Å². The van der Waals surface area contributed by atoms with E-state index in [0.717, 1.165) is 43.6 Å². The Kier molecular flexibility index (Phi) is 13.7. The first-order valence-corrected chi connectivity index (χ1v) is 12.7. The summed E-state index contributed by atoms with van der Waals surface area (Å²) in [7, 11) is 3.23. The van der Waals surface area contributed by atoms with Gasteiger partial charge in [-0.25, -0.2) is 4.79 Å². The molecule has 0 saturated carbocycles. The molecule has 204 valence electrons. The van der Waals surface area contributed by atoms with Crippen molar-refractivity contribution in [1.29, 1.82) is 0 Å². The number of carbonyl (C=O) groups is 2. The molecule has 0 radical (unpaired) electrons. The Morgan fingerprint density at radius 3 is 2.57 bits per heavy atom. The van der Waals surface area contributed by atoms with Crippen LogP contribution in [0.3, 0.4) is 0 Å². The van der Waals surface area contributed by atoms with E-state index >= 15 is 0 Å². The molecule has 1 aliphatic heterocycles. The number of ether oxygens (including phenoxy) is 3. The Balaban J connectivity index is 0.00000481. The number of benzene rings is 2. The molecule has 1 heterocycles. The van der Waals surface area contributed by atoms with Gasteiger partial charge < -0.3 is 30.2 Å². The quantitative estimate of drug-likeness (QED) is 0.338. The average molecular weight is 555 g/mol. The van der Waals surface area contributed by atoms with Crippen molar-refractivity contribution in [2.24, 2.45) is 5.92 Å². The number of rotatable bonds is 12. The third kappa shape index (κ3) is 10.1. The minimum absolute atomic E-state index is 0. The van der Waals surface area contributed by atoms with E-state index in [1.165, 1.54) is 7.11 Å². The summed E-state index contributed by atoms with van der Waals surface area (Å²) < 4.78 is 16.3. The summed E-state index contributed by atoms with van der Waals surface area (Å²) in [5, 5.41) is 9.56. The number of methoxy groups -OCH3 is 1. The molecule has 1 aliphatic rings. The van der Waals surface area contributed by atoms with Crippen molar-refractivity contribution in [1.82, 2.24) is 16.0 Å². The summed E-state index contributed by atoms with van der Waals surface area (Å²) >= 11 is 6.23. The minimum Gasteiger partial charge on any atom is -0.453 e. The van der Waals surface area contributed by atoms with Crippen molar-refractivity contribution in [3.63, 3.8) is 0 Å². The van der Waals surface area contributed by atoms with E-state index in [9.17, 15) is 9.59 Å². The SMILES string of the molecule is CN[C@H](CNC(=O)c1cccc([C@@H](OCCNC(=O)OC)c2cccc(Cl)c2)c1)C[C@H]1CCCOC1.Cl. The van der Waals surface area contributed by atoms with Gasteiger partial charge in [0.15, 0.2) is 0 Å². The minimum atomic E-state index is -0.521. The van der Waals surface area contributed by atoms with E-state index in [1.54, 1.807) is 12.1 Å². The number of hydrogen-bond acceptors (Lipinski definition) is 6. The van der Waals surface area contributed by atoms with E-state index < -0.39 is 12.2 Å². The standard InChI is InChI=1S/C27H36ClN3O5.ClH/c1-29-24(14-19-6-5-12-35-18-19)17-31-26(32)22-9-3-7-20(15-22)25(21-8-4-10-23(28)16-21)36-13-11-30-27(33)34-2;/h3-4,7-10,15-16,19,24-25,29H,5-6,11-14,17-18H2,1-2H3,(H,30,33)(H,31,32);1H/t19-,24+,25-;/m1./s1. The van der Waals surface area contributed by atoms with E-state index in [2.05, 4.69) is 20.7 Å². The Morgan fingerprint density at radius 2 is 1.89 bits per heavy atom. The third-order valence-electron chi connectivity index (χ3n) is 6.23. The van der Waals surface area contributed by atoms with Crippen LogP contribution in [-0.2, 0) is 14.2 Å². The maximum absolute atomic E-state index is 13.0. The lowest BCUT2D eigenvalue weighted by molar-refractivity contribution is 0.0478. The molecule has 0 unspecified atom stereocenters. The molecule has 37 heavy (non-hydrogen) atoms. The highest BCUT2D eigenvalue weighted by Crippen LogP contribution is 2.28. The number of carbonyl (C=O) groups excluding carboxylic acids is 2. The number of amides is 2. The van der Waals surface area contributed by atoms with Gasteiger partial charge in [0.25, 0.3) is 5.91 Å². The second-order valence-electron chi connectivity index (χ2n) is 8.86. The summed E-state index contributed by atoms with van der Waals surface area (Å²) in [4.78, 5) is 24.3. The molecule has 2 amide bonds. The van der Waals surface area contributed by atoms with Crippen LogP contribution >= 0.6 is 24.0 Å². The average Bonchev–Trinajstić information content (AvgIpc) is 2.91. The molecule has 1 saturated heterocycles. The molecule has 3 atom stereocenters. The summed E-state index contributed by atoms with van der Waals surface area (Å²) in [6.45, 7) is 2.69. The molecule has 1 fully saturated rings. The molecule has 3 N–H and O–H groups in total. The summed E-state index contributed by atoms with van der Waals surface area (Å²) in [6.07, 6.45) is 2.23. The zero-order valence-corrected chi connectivity index (χ0v) is 22.9. The van der Waals surface area contributed by atoms with Gasteiger partial charge in [-0.1, -0.05) is 35.9 Å². The van der Waals surface area contributed by atoms with Gasteiger partial charge in [-0.3, -0.25) is 4.79 Å². The molecule has 3 rings (SSSR count). The zero-order chi connectivity index (χ0) is 25.8. The van der Waals surface area contributed by atoms with Gasteiger partial charge in [0.1, 0.15) is 6.10 Å². The number of hydrogen-bond donors (Lipinski definition) is 3. The monoisotopic (exact) mass is 553 g/mol. The Bertz CT molecular complexity index is 988. The lowest BCUT2D eigenvalue weighted by Crippen LogP contribution is -2.41. The highest BCUT2D eigenvalue weighted by Gasteiger charge is 2.20. The second-order valence-corrected chi connectivity index (χ2v) is 9.30. The zero-order valence-electron chi connectivity index (χ0n) is 21.3. The summed E-state index contributed by atoms with van der Waals surface area (Å²) in [6, 6.07) is 14.9. The Morgan fingerprint density at radius 1 is 1.14 bits per heavy atom. The second kappa shape index (κ2) is 16.5. The lowest BCUT2D eigenvalue weighted by Gasteiger charge is -2.26. The fraction of sp³-hybridized carbons (Fsp3) is 0.481. The molecular formula is C27H37Cl2N3O5. The summed E-state index contributed by atoms with van der Waals surface area (Å²) in [5.74, 6) is 0.370. The molecule has 0 spiro atoms. The van der Waals surface area contributed by atoms with E-state index in [0.29, 0.717) is 23.0 Å². The predicted octanol–water partition coefficient (Wildman–Crippen LogP) is 4.36. The lowest BCUT2D eigenvalue weighted by atomic mass is 9.94. The molecule has 2 aromatic rings. The van der Waals surface area contributed by atoms with Crippen LogP contribution in [0.4, 0.5) is 4.79 Å². The van der Waals surface area contributed by atoms with Crippen LogP contribution in [0.15, 0.2) is 48.5 Å². The van der Waals surface area contributed by atoms with Gasteiger partial charge in [0.2, 0.25) is 0 Å². The fourth-order valence-corrected chi connectivity index (χ4v) is 4.52. The van der Waals surface area contributed by atoms with Gasteiger partial charge >= 0.3 is 6.09 Å². The first kappa shape index (κ1) is 30.9. The van der Waals surface area contributed by atoms with Gasteiger partial charge in [-0.15, -0.1) is 12.4 Å². The number of nitrogens with one attached hydrogen (secondary N) is 3. The molecule has 2 aromatic carbocycles. The van der Waals surface area contributed by atoms with Gasteiger partial charge in [-0.05, 0) is 67.6 Å². The number of halogens is 2. The molecular weight excluding hydrogens is 517 g/mol. The van der Waals surface area contributed by atoms with Crippen LogP contribution in [-0.4, -0.2) is 65.1 Å². The topological polar surface area (TPSA) is 97.9 Å². The van der Waals surface area contributed by atoms with Crippen molar-refractivity contribution in [2.45, 2.75) is 31.4 Å². The van der Waals surface area contributed by atoms with E-state index in [4.69, 9.17) is 21.1 Å². The Labute approximate surface area is 230 Å². The van der Waals surface area contributed by atoms with Crippen LogP contribution in [0, 0.1) is 5.92 Å². The first-order valence-electron chi connectivity index (χ1n) is 12.3. The molecule has 10 heteroatoms. The predicted molar refractivity (Wildman–Crippen MR) is 147 cm³/mol. The van der Waals surface area contributed by atoms with Gasteiger partial charge in [0.05, 0.1) is 13.7 Å². The van der Waals surface area contributed by atoms with Crippen molar-refractivity contribution in [3.05, 3.63) is 70.2 Å². The van der Waals surface area contributed by atoms with E-state index in [1.807, 2.05) is 43.4 Å². The largest absolute Gasteiger partial charge is 0.453 e. The maximum Gasteiger partial charge on any atom is 0.406 e.